The van der Waals surface area contributed by atoms with E-state index >= 15 is 0 Å². The van der Waals surface area contributed by atoms with Gasteiger partial charge in [0, 0.05) is 12.6 Å². The Morgan fingerprint density at radius 3 is 2.30 bits per heavy atom. The third-order valence-electron chi connectivity index (χ3n) is 5.76. The SMILES string of the molecule is CNC(CCCC1CCCO1)C1CCC(C(C)C)CC1. The number of hydrogen-bond acceptors (Lipinski definition) is 2. The minimum absolute atomic E-state index is 0.573. The molecule has 0 radical (unpaired) electrons. The van der Waals surface area contributed by atoms with Crippen LogP contribution in [0.2, 0.25) is 0 Å². The highest BCUT2D eigenvalue weighted by Gasteiger charge is 2.28. The summed E-state index contributed by atoms with van der Waals surface area (Å²) in [6.45, 7) is 5.78. The predicted molar refractivity (Wildman–Crippen MR) is 86.0 cm³/mol. The van der Waals surface area contributed by atoms with Gasteiger partial charge in [0.15, 0.2) is 0 Å². The van der Waals surface area contributed by atoms with Gasteiger partial charge < -0.3 is 10.1 Å². The van der Waals surface area contributed by atoms with E-state index in [2.05, 4.69) is 26.2 Å². The lowest BCUT2D eigenvalue weighted by atomic mass is 9.74. The molecule has 0 bridgehead atoms. The molecule has 118 valence electrons. The van der Waals surface area contributed by atoms with Crippen LogP contribution in [0.5, 0.6) is 0 Å². The molecule has 0 aromatic heterocycles. The van der Waals surface area contributed by atoms with E-state index in [1.165, 1.54) is 57.8 Å². The summed E-state index contributed by atoms with van der Waals surface area (Å²) < 4.78 is 5.73. The van der Waals surface area contributed by atoms with Crippen LogP contribution in [-0.2, 0) is 4.74 Å². The van der Waals surface area contributed by atoms with E-state index in [-0.39, 0.29) is 0 Å². The predicted octanol–water partition coefficient (Wildman–Crippen LogP) is 4.39. The number of hydrogen-bond donors (Lipinski definition) is 1. The molecule has 2 aliphatic rings. The molecule has 0 aromatic carbocycles. The lowest BCUT2D eigenvalue weighted by Gasteiger charge is -2.35. The van der Waals surface area contributed by atoms with E-state index in [1.54, 1.807) is 0 Å². The van der Waals surface area contributed by atoms with Crippen molar-refractivity contribution >= 4 is 0 Å². The fourth-order valence-electron chi connectivity index (χ4n) is 4.27. The second-order valence-electron chi connectivity index (χ2n) is 7.38. The molecule has 2 rings (SSSR count). The Kier molecular flexibility index (Phi) is 6.83. The van der Waals surface area contributed by atoms with Gasteiger partial charge >= 0.3 is 0 Å². The van der Waals surface area contributed by atoms with Gasteiger partial charge in [0.25, 0.3) is 0 Å². The zero-order valence-corrected chi connectivity index (χ0v) is 13.9. The molecule has 1 saturated heterocycles. The van der Waals surface area contributed by atoms with Gasteiger partial charge in [-0.2, -0.15) is 0 Å². The van der Waals surface area contributed by atoms with Crippen LogP contribution in [0, 0.1) is 17.8 Å². The molecule has 20 heavy (non-hydrogen) atoms. The van der Waals surface area contributed by atoms with Crippen LogP contribution in [0.4, 0.5) is 0 Å². The summed E-state index contributed by atoms with van der Waals surface area (Å²) in [5.41, 5.74) is 0. The van der Waals surface area contributed by atoms with Crippen molar-refractivity contribution in [2.45, 2.75) is 83.8 Å². The lowest BCUT2D eigenvalue weighted by Crippen LogP contribution is -2.36. The highest BCUT2D eigenvalue weighted by Crippen LogP contribution is 2.35. The van der Waals surface area contributed by atoms with Crippen LogP contribution in [0.25, 0.3) is 0 Å². The first-order valence-electron chi connectivity index (χ1n) is 8.99. The van der Waals surface area contributed by atoms with E-state index in [4.69, 9.17) is 4.74 Å². The zero-order valence-electron chi connectivity index (χ0n) is 13.9. The summed E-state index contributed by atoms with van der Waals surface area (Å²) in [5.74, 6) is 2.78. The van der Waals surface area contributed by atoms with Gasteiger partial charge in [0.05, 0.1) is 6.10 Å². The summed E-state index contributed by atoms with van der Waals surface area (Å²) in [4.78, 5) is 0. The van der Waals surface area contributed by atoms with Crippen molar-refractivity contribution in [2.75, 3.05) is 13.7 Å². The maximum atomic E-state index is 5.73. The highest BCUT2D eigenvalue weighted by atomic mass is 16.5. The topological polar surface area (TPSA) is 21.3 Å². The lowest BCUT2D eigenvalue weighted by molar-refractivity contribution is 0.0994. The van der Waals surface area contributed by atoms with Gasteiger partial charge in [-0.25, -0.2) is 0 Å². The molecule has 2 fully saturated rings. The number of nitrogens with one attached hydrogen (secondary N) is 1. The largest absolute Gasteiger partial charge is 0.378 e. The van der Waals surface area contributed by atoms with Crippen LogP contribution in [0.3, 0.4) is 0 Å². The number of ether oxygens (including phenoxy) is 1. The Morgan fingerprint density at radius 2 is 1.75 bits per heavy atom. The van der Waals surface area contributed by atoms with Gasteiger partial charge in [-0.05, 0) is 82.6 Å². The molecule has 2 unspecified atom stereocenters. The molecule has 2 nitrogen and oxygen atoms in total. The van der Waals surface area contributed by atoms with Gasteiger partial charge in [-0.1, -0.05) is 13.8 Å². The normalized spacial score (nSPS) is 32.7. The quantitative estimate of drug-likeness (QED) is 0.747. The van der Waals surface area contributed by atoms with E-state index in [9.17, 15) is 0 Å². The Bertz CT molecular complexity index is 252. The summed E-state index contributed by atoms with van der Waals surface area (Å²) in [6.07, 6.45) is 12.9. The molecule has 0 amide bonds. The highest BCUT2D eigenvalue weighted by molar-refractivity contribution is 4.82. The summed E-state index contributed by atoms with van der Waals surface area (Å²) >= 11 is 0. The Hall–Kier alpha value is -0.0800. The van der Waals surface area contributed by atoms with Crippen LogP contribution in [0.15, 0.2) is 0 Å². The molecule has 1 aliphatic heterocycles. The first-order valence-corrected chi connectivity index (χ1v) is 8.99. The van der Waals surface area contributed by atoms with Crippen molar-refractivity contribution in [3.63, 3.8) is 0 Å². The standard InChI is InChI=1S/C18H35NO/c1-14(2)15-9-11-16(12-10-15)18(19-3)8-4-6-17-7-5-13-20-17/h14-19H,4-13H2,1-3H3. The molecule has 1 aliphatic carbocycles. The fraction of sp³-hybridized carbons (Fsp3) is 1.00. The average molecular weight is 281 g/mol. The zero-order chi connectivity index (χ0) is 14.4. The first kappa shape index (κ1) is 16.3. The van der Waals surface area contributed by atoms with E-state index in [0.717, 1.165) is 30.4 Å². The summed E-state index contributed by atoms with van der Waals surface area (Å²) in [6, 6.07) is 0.740. The van der Waals surface area contributed by atoms with Crippen molar-refractivity contribution in [1.82, 2.24) is 5.32 Å². The van der Waals surface area contributed by atoms with Gasteiger partial charge in [0.2, 0.25) is 0 Å². The molecule has 1 N–H and O–H groups in total. The summed E-state index contributed by atoms with van der Waals surface area (Å²) in [7, 11) is 2.16. The maximum Gasteiger partial charge on any atom is 0.0576 e. The van der Waals surface area contributed by atoms with Crippen molar-refractivity contribution < 1.29 is 4.74 Å². The van der Waals surface area contributed by atoms with E-state index in [1.807, 2.05) is 0 Å². The van der Waals surface area contributed by atoms with Crippen LogP contribution < -0.4 is 5.32 Å². The Balaban J connectivity index is 1.66. The molecular weight excluding hydrogens is 246 g/mol. The van der Waals surface area contributed by atoms with Crippen molar-refractivity contribution in [3.05, 3.63) is 0 Å². The first-order chi connectivity index (χ1) is 9.70. The number of rotatable bonds is 7. The third-order valence-corrected chi connectivity index (χ3v) is 5.76. The second-order valence-corrected chi connectivity index (χ2v) is 7.38. The Labute approximate surface area is 126 Å². The minimum atomic E-state index is 0.573. The van der Waals surface area contributed by atoms with E-state index in [0.29, 0.717) is 6.10 Å². The van der Waals surface area contributed by atoms with Crippen LogP contribution in [-0.4, -0.2) is 25.8 Å². The van der Waals surface area contributed by atoms with Crippen molar-refractivity contribution in [1.29, 1.82) is 0 Å². The van der Waals surface area contributed by atoms with E-state index < -0.39 is 0 Å². The molecule has 2 heteroatoms. The molecule has 1 heterocycles. The molecule has 0 aromatic rings. The van der Waals surface area contributed by atoms with Gasteiger partial charge in [0.1, 0.15) is 0 Å². The van der Waals surface area contributed by atoms with Gasteiger partial charge in [-0.3, -0.25) is 0 Å². The monoisotopic (exact) mass is 281 g/mol. The molecule has 0 spiro atoms. The van der Waals surface area contributed by atoms with Crippen molar-refractivity contribution in [2.24, 2.45) is 17.8 Å². The smallest absolute Gasteiger partial charge is 0.0576 e. The van der Waals surface area contributed by atoms with Crippen molar-refractivity contribution in [3.8, 4) is 0 Å². The molecule has 2 atom stereocenters. The second kappa shape index (κ2) is 8.38. The molecular formula is C18H35NO. The Morgan fingerprint density at radius 1 is 1.05 bits per heavy atom. The van der Waals surface area contributed by atoms with Crippen LogP contribution in [0.1, 0.15) is 71.6 Å². The van der Waals surface area contributed by atoms with Crippen LogP contribution >= 0.6 is 0 Å². The van der Waals surface area contributed by atoms with Gasteiger partial charge in [-0.15, -0.1) is 0 Å². The third kappa shape index (κ3) is 4.73. The fourth-order valence-corrected chi connectivity index (χ4v) is 4.27. The molecule has 1 saturated carbocycles. The summed E-state index contributed by atoms with van der Waals surface area (Å²) in [5, 5.41) is 3.60. The maximum absolute atomic E-state index is 5.73. The average Bonchev–Trinajstić information content (AvgIpc) is 2.97. The minimum Gasteiger partial charge on any atom is -0.378 e.